The standard InChI is InChI=1S/C18H18ClNO2S.CH5N/c1-10-3-5-15-16(9-21)18(20-11(2)22)23-17(15)8-12-7-13(19)4-6-14(10)12;1-2/h4,6-7,9-10H,3,5,8H2,1-2H3,(H,20,22);2H2,1H3. The number of nitrogens with one attached hydrogen (secondary N) is 1. The van der Waals surface area contributed by atoms with Crippen molar-refractivity contribution in [1.29, 1.82) is 0 Å². The molecule has 25 heavy (non-hydrogen) atoms. The summed E-state index contributed by atoms with van der Waals surface area (Å²) in [4.78, 5) is 24.1. The molecular formula is C19H23ClN2O2S. The molecule has 1 aliphatic rings. The van der Waals surface area contributed by atoms with Crippen molar-refractivity contribution >= 4 is 40.1 Å². The number of thiophene rings is 1. The second-order valence-corrected chi connectivity index (χ2v) is 7.55. The van der Waals surface area contributed by atoms with Crippen LogP contribution in [-0.2, 0) is 17.6 Å². The van der Waals surface area contributed by atoms with E-state index in [1.165, 1.54) is 36.4 Å². The predicted molar refractivity (Wildman–Crippen MR) is 105 cm³/mol. The number of fused-ring (bicyclic) bond motifs is 2. The highest BCUT2D eigenvalue weighted by Gasteiger charge is 2.23. The van der Waals surface area contributed by atoms with Crippen LogP contribution in [0.5, 0.6) is 0 Å². The highest BCUT2D eigenvalue weighted by molar-refractivity contribution is 7.16. The van der Waals surface area contributed by atoms with Gasteiger partial charge in [0.25, 0.3) is 0 Å². The molecule has 134 valence electrons. The molecule has 1 unspecified atom stereocenters. The number of anilines is 1. The van der Waals surface area contributed by atoms with Crippen molar-refractivity contribution in [3.05, 3.63) is 50.4 Å². The number of benzene rings is 1. The highest BCUT2D eigenvalue weighted by atomic mass is 35.5. The largest absolute Gasteiger partial charge is 0.333 e. The molecule has 0 bridgehead atoms. The van der Waals surface area contributed by atoms with Crippen molar-refractivity contribution < 1.29 is 9.59 Å². The van der Waals surface area contributed by atoms with Gasteiger partial charge in [-0.15, -0.1) is 11.3 Å². The molecule has 0 radical (unpaired) electrons. The van der Waals surface area contributed by atoms with Crippen molar-refractivity contribution in [2.45, 2.75) is 39.0 Å². The van der Waals surface area contributed by atoms with Gasteiger partial charge in [0.15, 0.2) is 6.29 Å². The van der Waals surface area contributed by atoms with Crippen molar-refractivity contribution in [2.75, 3.05) is 12.4 Å². The summed E-state index contributed by atoms with van der Waals surface area (Å²) >= 11 is 7.67. The first-order valence-electron chi connectivity index (χ1n) is 8.23. The molecular weight excluding hydrogens is 356 g/mol. The van der Waals surface area contributed by atoms with E-state index in [1.807, 2.05) is 12.1 Å². The van der Waals surface area contributed by atoms with Crippen LogP contribution in [0.25, 0.3) is 0 Å². The van der Waals surface area contributed by atoms with Crippen molar-refractivity contribution in [1.82, 2.24) is 0 Å². The minimum absolute atomic E-state index is 0.154. The van der Waals surface area contributed by atoms with Gasteiger partial charge in [0, 0.05) is 23.2 Å². The number of carbonyl (C=O) groups excluding carboxylic acids is 2. The van der Waals surface area contributed by atoms with Crippen LogP contribution in [0.1, 0.15) is 58.1 Å². The smallest absolute Gasteiger partial charge is 0.221 e. The molecule has 1 atom stereocenters. The quantitative estimate of drug-likeness (QED) is 0.761. The first-order valence-corrected chi connectivity index (χ1v) is 9.42. The van der Waals surface area contributed by atoms with Gasteiger partial charge in [0.05, 0.1) is 5.56 Å². The third-order valence-corrected chi connectivity index (χ3v) is 5.75. The van der Waals surface area contributed by atoms with Crippen LogP contribution < -0.4 is 11.1 Å². The maximum absolute atomic E-state index is 11.6. The molecule has 1 amide bonds. The number of aldehydes is 1. The number of hydrogen-bond acceptors (Lipinski definition) is 4. The molecule has 4 nitrogen and oxygen atoms in total. The molecule has 0 aliphatic heterocycles. The van der Waals surface area contributed by atoms with E-state index in [0.29, 0.717) is 16.5 Å². The Morgan fingerprint density at radius 1 is 1.40 bits per heavy atom. The van der Waals surface area contributed by atoms with E-state index in [0.717, 1.165) is 41.0 Å². The van der Waals surface area contributed by atoms with E-state index in [4.69, 9.17) is 11.6 Å². The van der Waals surface area contributed by atoms with Crippen LogP contribution in [0.15, 0.2) is 18.2 Å². The van der Waals surface area contributed by atoms with Crippen molar-refractivity contribution in [3.63, 3.8) is 0 Å². The number of rotatable bonds is 2. The van der Waals surface area contributed by atoms with E-state index in [2.05, 4.69) is 24.0 Å². The minimum atomic E-state index is -0.154. The SMILES string of the molecule is CC(=O)Nc1sc2c(c1C=O)CCC(C)c1ccc(Cl)cc1C2.CN. The average Bonchev–Trinajstić information content (AvgIpc) is 2.88. The second kappa shape index (κ2) is 8.61. The summed E-state index contributed by atoms with van der Waals surface area (Å²) in [5.74, 6) is 0.262. The number of nitrogens with two attached hydrogens (primary N) is 1. The third-order valence-electron chi connectivity index (χ3n) is 4.35. The molecule has 0 fully saturated rings. The zero-order valence-electron chi connectivity index (χ0n) is 14.7. The van der Waals surface area contributed by atoms with Crippen LogP contribution in [-0.4, -0.2) is 19.2 Å². The fourth-order valence-electron chi connectivity index (χ4n) is 3.22. The van der Waals surface area contributed by atoms with E-state index < -0.39 is 0 Å². The Hall–Kier alpha value is -1.69. The van der Waals surface area contributed by atoms with E-state index in [1.54, 1.807) is 0 Å². The second-order valence-electron chi connectivity index (χ2n) is 6.01. The number of hydrogen-bond donors (Lipinski definition) is 2. The van der Waals surface area contributed by atoms with Crippen LogP contribution in [0.3, 0.4) is 0 Å². The lowest BCUT2D eigenvalue weighted by Crippen LogP contribution is -2.08. The summed E-state index contributed by atoms with van der Waals surface area (Å²) in [6.45, 7) is 3.67. The van der Waals surface area contributed by atoms with Crippen LogP contribution in [0.2, 0.25) is 5.02 Å². The summed E-state index contributed by atoms with van der Waals surface area (Å²) in [6, 6.07) is 6.06. The summed E-state index contributed by atoms with van der Waals surface area (Å²) < 4.78 is 0. The molecule has 0 saturated heterocycles. The monoisotopic (exact) mass is 378 g/mol. The fraction of sp³-hybridized carbons (Fsp3) is 0.368. The van der Waals surface area contributed by atoms with Gasteiger partial charge in [0.2, 0.25) is 5.91 Å². The van der Waals surface area contributed by atoms with Gasteiger partial charge in [-0.1, -0.05) is 24.6 Å². The molecule has 2 aromatic rings. The van der Waals surface area contributed by atoms with E-state index >= 15 is 0 Å². The van der Waals surface area contributed by atoms with Gasteiger partial charge in [-0.3, -0.25) is 9.59 Å². The van der Waals surface area contributed by atoms with Crippen molar-refractivity contribution in [3.8, 4) is 0 Å². The van der Waals surface area contributed by atoms with E-state index in [9.17, 15) is 9.59 Å². The van der Waals surface area contributed by atoms with Gasteiger partial charge < -0.3 is 11.1 Å². The van der Waals surface area contributed by atoms with Gasteiger partial charge in [-0.25, -0.2) is 0 Å². The lowest BCUT2D eigenvalue weighted by molar-refractivity contribution is -0.114. The lowest BCUT2D eigenvalue weighted by Gasteiger charge is -2.20. The third kappa shape index (κ3) is 4.29. The van der Waals surface area contributed by atoms with Gasteiger partial charge in [-0.05, 0) is 54.6 Å². The number of halogens is 1. The molecule has 1 aliphatic carbocycles. The Bertz CT molecular complexity index is 786. The zero-order valence-corrected chi connectivity index (χ0v) is 16.3. The summed E-state index contributed by atoms with van der Waals surface area (Å²) in [5, 5.41) is 4.18. The minimum Gasteiger partial charge on any atom is -0.333 e. The first kappa shape index (κ1) is 19.6. The summed E-state index contributed by atoms with van der Waals surface area (Å²) in [7, 11) is 1.50. The van der Waals surface area contributed by atoms with E-state index in [-0.39, 0.29) is 5.91 Å². The molecule has 1 aromatic heterocycles. The molecule has 0 spiro atoms. The lowest BCUT2D eigenvalue weighted by atomic mass is 9.85. The summed E-state index contributed by atoms with van der Waals surface area (Å²) in [6.07, 6.45) is 3.44. The van der Waals surface area contributed by atoms with Crippen molar-refractivity contribution in [2.24, 2.45) is 5.73 Å². The van der Waals surface area contributed by atoms with Crippen LogP contribution in [0, 0.1) is 0 Å². The molecule has 1 aromatic carbocycles. The Morgan fingerprint density at radius 2 is 2.12 bits per heavy atom. The van der Waals surface area contributed by atoms with Gasteiger partial charge in [-0.2, -0.15) is 0 Å². The maximum Gasteiger partial charge on any atom is 0.221 e. The predicted octanol–water partition coefficient (Wildman–Crippen LogP) is 4.39. The van der Waals surface area contributed by atoms with Gasteiger partial charge >= 0.3 is 0 Å². The molecule has 0 saturated carbocycles. The summed E-state index contributed by atoms with van der Waals surface area (Å²) in [5.41, 5.74) is 8.74. The Morgan fingerprint density at radius 3 is 2.76 bits per heavy atom. The molecule has 3 N–H and O–H groups in total. The fourth-order valence-corrected chi connectivity index (χ4v) is 4.70. The zero-order chi connectivity index (χ0) is 18.6. The Labute approximate surface area is 157 Å². The molecule has 1 heterocycles. The Balaban J connectivity index is 0.00000109. The van der Waals surface area contributed by atoms with Crippen LogP contribution in [0.4, 0.5) is 5.00 Å². The maximum atomic E-state index is 11.6. The average molecular weight is 379 g/mol. The normalized spacial score (nSPS) is 15.6. The topological polar surface area (TPSA) is 72.2 Å². The first-order chi connectivity index (χ1) is 12.0. The Kier molecular flexibility index (Phi) is 6.76. The molecule has 6 heteroatoms. The van der Waals surface area contributed by atoms with Crippen LogP contribution >= 0.6 is 22.9 Å². The highest BCUT2D eigenvalue weighted by Crippen LogP contribution is 2.39. The molecule has 3 rings (SSSR count). The number of amides is 1. The van der Waals surface area contributed by atoms with Gasteiger partial charge in [0.1, 0.15) is 5.00 Å². The number of carbonyl (C=O) groups is 2.